The van der Waals surface area contributed by atoms with E-state index in [9.17, 15) is 0 Å². The first kappa shape index (κ1) is 15.5. The molecule has 0 radical (unpaired) electrons. The lowest BCUT2D eigenvalue weighted by Gasteiger charge is -2.20. The van der Waals surface area contributed by atoms with Crippen LogP contribution in [0.3, 0.4) is 0 Å². The molecular formula is C17H19N3O3. The van der Waals surface area contributed by atoms with Gasteiger partial charge in [0.25, 0.3) is 0 Å². The second-order valence-corrected chi connectivity index (χ2v) is 5.18. The molecule has 0 saturated heterocycles. The topological polar surface area (TPSA) is 64.5 Å². The molecular weight excluding hydrogens is 294 g/mol. The van der Waals surface area contributed by atoms with Crippen LogP contribution in [0.5, 0.6) is 0 Å². The maximum absolute atomic E-state index is 5.33. The molecule has 0 bridgehead atoms. The third-order valence-corrected chi connectivity index (χ3v) is 3.43. The van der Waals surface area contributed by atoms with E-state index in [4.69, 9.17) is 13.7 Å². The third kappa shape index (κ3) is 4.28. The van der Waals surface area contributed by atoms with Gasteiger partial charge in [-0.25, -0.2) is 0 Å². The molecule has 2 heterocycles. The second kappa shape index (κ2) is 7.71. The molecule has 2 aromatic heterocycles. The summed E-state index contributed by atoms with van der Waals surface area (Å²) in [4.78, 5) is 6.59. The number of methoxy groups -OCH3 is 1. The summed E-state index contributed by atoms with van der Waals surface area (Å²) in [6, 6.07) is 13.9. The molecule has 6 nitrogen and oxygen atoms in total. The van der Waals surface area contributed by atoms with Crippen molar-refractivity contribution in [3.05, 3.63) is 60.2 Å². The van der Waals surface area contributed by atoms with Gasteiger partial charge in [-0.1, -0.05) is 35.5 Å². The van der Waals surface area contributed by atoms with Crippen molar-refractivity contribution in [2.24, 2.45) is 0 Å². The summed E-state index contributed by atoms with van der Waals surface area (Å²) in [6.07, 6.45) is 1.59. The number of benzene rings is 1. The highest BCUT2D eigenvalue weighted by Gasteiger charge is 2.14. The standard InChI is InChI=1S/C17H19N3O3/c1-21-11-9-20(12-14-6-3-2-4-7-14)13-16-18-17(19-23-16)15-8-5-10-22-15/h2-8,10H,9,11-13H2,1H3. The average molecular weight is 313 g/mol. The molecule has 0 amide bonds. The lowest BCUT2D eigenvalue weighted by atomic mass is 10.2. The molecule has 0 N–H and O–H groups in total. The molecule has 0 spiro atoms. The van der Waals surface area contributed by atoms with Crippen molar-refractivity contribution in [1.29, 1.82) is 0 Å². The minimum Gasteiger partial charge on any atom is -0.461 e. The first-order valence-corrected chi connectivity index (χ1v) is 7.47. The Labute approximate surface area is 134 Å². The first-order chi connectivity index (χ1) is 11.3. The van der Waals surface area contributed by atoms with Gasteiger partial charge in [-0.05, 0) is 17.7 Å². The molecule has 3 rings (SSSR count). The Morgan fingerprint density at radius 1 is 1.09 bits per heavy atom. The minimum atomic E-state index is 0.469. The average Bonchev–Trinajstić information content (AvgIpc) is 3.25. The van der Waals surface area contributed by atoms with Crippen molar-refractivity contribution in [2.75, 3.05) is 20.3 Å². The Hall–Kier alpha value is -2.44. The van der Waals surface area contributed by atoms with E-state index in [0.717, 1.165) is 13.1 Å². The van der Waals surface area contributed by atoms with Crippen molar-refractivity contribution in [2.45, 2.75) is 13.1 Å². The van der Waals surface area contributed by atoms with Crippen LogP contribution < -0.4 is 0 Å². The highest BCUT2D eigenvalue weighted by molar-refractivity contribution is 5.44. The highest BCUT2D eigenvalue weighted by atomic mass is 16.5. The fourth-order valence-corrected chi connectivity index (χ4v) is 2.29. The van der Waals surface area contributed by atoms with Crippen molar-refractivity contribution >= 4 is 0 Å². The van der Waals surface area contributed by atoms with Crippen LogP contribution in [0.1, 0.15) is 11.5 Å². The van der Waals surface area contributed by atoms with Crippen LogP contribution in [0, 0.1) is 0 Å². The third-order valence-electron chi connectivity index (χ3n) is 3.43. The van der Waals surface area contributed by atoms with Gasteiger partial charge in [0.1, 0.15) is 0 Å². The van der Waals surface area contributed by atoms with Gasteiger partial charge in [-0.2, -0.15) is 4.98 Å². The summed E-state index contributed by atoms with van der Waals surface area (Å²) in [5, 5.41) is 3.96. The van der Waals surface area contributed by atoms with E-state index in [1.165, 1.54) is 5.56 Å². The van der Waals surface area contributed by atoms with Crippen molar-refractivity contribution in [1.82, 2.24) is 15.0 Å². The quantitative estimate of drug-likeness (QED) is 0.637. The number of aromatic nitrogens is 2. The fraction of sp³-hybridized carbons (Fsp3) is 0.294. The van der Waals surface area contributed by atoms with Crippen LogP contribution in [-0.4, -0.2) is 35.3 Å². The van der Waals surface area contributed by atoms with Crippen molar-refractivity contribution in [3.8, 4) is 11.6 Å². The van der Waals surface area contributed by atoms with Crippen LogP contribution in [-0.2, 0) is 17.8 Å². The molecule has 0 aliphatic heterocycles. The van der Waals surface area contributed by atoms with Crippen LogP contribution in [0.2, 0.25) is 0 Å². The van der Waals surface area contributed by atoms with E-state index in [-0.39, 0.29) is 0 Å². The number of hydrogen-bond acceptors (Lipinski definition) is 6. The maximum atomic E-state index is 5.33. The normalized spacial score (nSPS) is 11.2. The number of hydrogen-bond donors (Lipinski definition) is 0. The highest BCUT2D eigenvalue weighted by Crippen LogP contribution is 2.17. The lowest BCUT2D eigenvalue weighted by Crippen LogP contribution is -2.26. The van der Waals surface area contributed by atoms with Gasteiger partial charge < -0.3 is 13.7 Å². The van der Waals surface area contributed by atoms with E-state index in [2.05, 4.69) is 27.2 Å². The van der Waals surface area contributed by atoms with Crippen molar-refractivity contribution in [3.63, 3.8) is 0 Å². The Balaban J connectivity index is 1.68. The SMILES string of the molecule is COCCN(Cc1ccccc1)Cc1nc(-c2ccco2)no1. The van der Waals surface area contributed by atoms with Gasteiger partial charge in [0.05, 0.1) is 19.4 Å². The fourth-order valence-electron chi connectivity index (χ4n) is 2.29. The smallest absolute Gasteiger partial charge is 0.241 e. The molecule has 0 saturated carbocycles. The molecule has 0 aliphatic rings. The second-order valence-electron chi connectivity index (χ2n) is 5.18. The van der Waals surface area contributed by atoms with Gasteiger partial charge in [0.15, 0.2) is 5.76 Å². The summed E-state index contributed by atoms with van der Waals surface area (Å²) in [6.45, 7) is 2.78. The Kier molecular flexibility index (Phi) is 5.18. The molecule has 1 aromatic carbocycles. The van der Waals surface area contributed by atoms with Crippen LogP contribution in [0.15, 0.2) is 57.7 Å². The number of rotatable bonds is 8. The lowest BCUT2D eigenvalue weighted by molar-refractivity contribution is 0.131. The molecule has 3 aromatic rings. The van der Waals surface area contributed by atoms with E-state index >= 15 is 0 Å². The summed E-state index contributed by atoms with van der Waals surface area (Å²) in [5.74, 6) is 1.63. The number of nitrogens with zero attached hydrogens (tertiary/aromatic N) is 3. The molecule has 120 valence electrons. The summed E-state index contributed by atoms with van der Waals surface area (Å²) in [5.41, 5.74) is 1.23. The zero-order valence-electron chi connectivity index (χ0n) is 13.0. The van der Waals surface area contributed by atoms with Crippen LogP contribution in [0.25, 0.3) is 11.6 Å². The van der Waals surface area contributed by atoms with Gasteiger partial charge in [-0.15, -0.1) is 0 Å². The zero-order valence-corrected chi connectivity index (χ0v) is 13.0. The van der Waals surface area contributed by atoms with E-state index in [1.54, 1.807) is 25.5 Å². The first-order valence-electron chi connectivity index (χ1n) is 7.47. The molecule has 0 atom stereocenters. The summed E-state index contributed by atoms with van der Waals surface area (Å²) >= 11 is 0. The van der Waals surface area contributed by atoms with Gasteiger partial charge in [0.2, 0.25) is 11.7 Å². The molecule has 0 unspecified atom stereocenters. The van der Waals surface area contributed by atoms with E-state index in [1.807, 2.05) is 18.2 Å². The van der Waals surface area contributed by atoms with Crippen molar-refractivity contribution < 1.29 is 13.7 Å². The largest absolute Gasteiger partial charge is 0.461 e. The summed E-state index contributed by atoms with van der Waals surface area (Å²) < 4.78 is 15.8. The molecule has 6 heteroatoms. The Morgan fingerprint density at radius 2 is 1.96 bits per heavy atom. The monoisotopic (exact) mass is 313 g/mol. The number of furan rings is 1. The predicted molar refractivity (Wildman–Crippen MR) is 84.4 cm³/mol. The van der Waals surface area contributed by atoms with Gasteiger partial charge in [-0.3, -0.25) is 4.90 Å². The Morgan fingerprint density at radius 3 is 2.70 bits per heavy atom. The summed E-state index contributed by atoms with van der Waals surface area (Å²) in [7, 11) is 1.70. The zero-order chi connectivity index (χ0) is 15.9. The maximum Gasteiger partial charge on any atom is 0.241 e. The molecule has 23 heavy (non-hydrogen) atoms. The van der Waals surface area contributed by atoms with Crippen LogP contribution in [0.4, 0.5) is 0 Å². The van der Waals surface area contributed by atoms with Crippen LogP contribution >= 0.6 is 0 Å². The predicted octanol–water partition coefficient (Wildman–Crippen LogP) is 2.98. The van der Waals surface area contributed by atoms with E-state index in [0.29, 0.717) is 30.6 Å². The van der Waals surface area contributed by atoms with Gasteiger partial charge >= 0.3 is 0 Å². The Bertz CT molecular complexity index is 695. The van der Waals surface area contributed by atoms with Gasteiger partial charge in [0, 0.05) is 20.2 Å². The minimum absolute atomic E-state index is 0.469. The molecule has 0 aliphatic carbocycles. The van der Waals surface area contributed by atoms with E-state index < -0.39 is 0 Å². The number of ether oxygens (including phenoxy) is 1. The molecule has 0 fully saturated rings.